The second-order valence-electron chi connectivity index (χ2n) is 20.4. The summed E-state index contributed by atoms with van der Waals surface area (Å²) >= 11 is 0. The molecule has 0 radical (unpaired) electrons. The summed E-state index contributed by atoms with van der Waals surface area (Å²) in [6, 6.07) is 44.9. The summed E-state index contributed by atoms with van der Waals surface area (Å²) in [6.45, 7) is 9.04. The molecular weight excluding hydrogens is 751 g/mol. The first-order chi connectivity index (χ1) is 28.5. The van der Waals surface area contributed by atoms with Gasteiger partial charge in [0.25, 0.3) is 0 Å². The van der Waals surface area contributed by atoms with Crippen LogP contribution in [0.2, 0.25) is 0 Å². The second-order valence-corrected chi connectivity index (χ2v) is 27.6. The Morgan fingerprint density at radius 3 is 1.66 bits per heavy atom. The molecule has 4 aromatic carbocycles. The summed E-state index contributed by atoms with van der Waals surface area (Å²) in [5.74, 6) is 5.21. The molecule has 0 saturated heterocycles. The third kappa shape index (κ3) is 8.06. The molecule has 3 saturated carbocycles. The van der Waals surface area contributed by atoms with Gasteiger partial charge in [-0.1, -0.05) is 199 Å². The van der Waals surface area contributed by atoms with Crippen molar-refractivity contribution >= 4 is 47.6 Å². The van der Waals surface area contributed by atoms with E-state index in [0.717, 1.165) is 55.0 Å². The number of ether oxygens (including phenoxy) is 1. The predicted molar refractivity (Wildman–Crippen MR) is 264 cm³/mol. The highest BCUT2D eigenvalue weighted by molar-refractivity contribution is 8.03. The highest BCUT2D eigenvalue weighted by Crippen LogP contribution is 2.69. The maximum absolute atomic E-state index is 7.19. The molecular formula is C56H74OP2. The van der Waals surface area contributed by atoms with E-state index in [9.17, 15) is 0 Å². The van der Waals surface area contributed by atoms with Gasteiger partial charge in [-0.3, -0.25) is 0 Å². The molecule has 0 unspecified atom stereocenters. The van der Waals surface area contributed by atoms with Crippen molar-refractivity contribution in [3.8, 4) is 0 Å². The number of benzene rings is 4. The van der Waals surface area contributed by atoms with E-state index >= 15 is 0 Å². The van der Waals surface area contributed by atoms with Gasteiger partial charge in [-0.2, -0.15) is 0 Å². The molecule has 0 heterocycles. The van der Waals surface area contributed by atoms with Gasteiger partial charge in [0.05, 0.1) is 6.10 Å². The van der Waals surface area contributed by atoms with Crippen LogP contribution in [0.5, 0.6) is 0 Å². The zero-order chi connectivity index (χ0) is 41.3. The van der Waals surface area contributed by atoms with Gasteiger partial charge in [-0.15, -0.1) is 0 Å². The Morgan fingerprint density at radius 2 is 1.15 bits per heavy atom. The summed E-state index contributed by atoms with van der Waals surface area (Å²) in [5.41, 5.74) is 2.59. The lowest BCUT2D eigenvalue weighted by Crippen LogP contribution is -2.51. The minimum atomic E-state index is -2.25. The van der Waals surface area contributed by atoms with Crippen molar-refractivity contribution in [1.82, 2.24) is 0 Å². The third-order valence-electron chi connectivity index (χ3n) is 16.9. The van der Waals surface area contributed by atoms with Crippen molar-refractivity contribution < 1.29 is 4.74 Å². The van der Waals surface area contributed by atoms with Crippen LogP contribution in [0.25, 0.3) is 0 Å². The molecule has 0 N–H and O–H groups in total. The molecule has 1 nitrogen and oxygen atoms in total. The van der Waals surface area contributed by atoms with Crippen LogP contribution in [0.3, 0.4) is 0 Å². The Balaban J connectivity index is 1.04. The molecule has 4 aliphatic rings. The van der Waals surface area contributed by atoms with Gasteiger partial charge in [0.2, 0.25) is 0 Å². The molecule has 0 spiro atoms. The smallest absolute Gasteiger partial charge is 0.0612 e. The van der Waals surface area contributed by atoms with Crippen molar-refractivity contribution in [3.63, 3.8) is 0 Å². The molecule has 8 atom stereocenters. The van der Waals surface area contributed by atoms with E-state index in [4.69, 9.17) is 17.3 Å². The lowest BCUT2D eigenvalue weighted by molar-refractivity contribution is -0.0639. The molecule has 0 aliphatic heterocycles. The molecule has 59 heavy (non-hydrogen) atoms. The van der Waals surface area contributed by atoms with E-state index in [1.807, 2.05) is 0 Å². The lowest BCUT2D eigenvalue weighted by Gasteiger charge is -2.58. The fourth-order valence-corrected chi connectivity index (χ4v) is 23.8. The summed E-state index contributed by atoms with van der Waals surface area (Å²) in [5, 5.41) is 5.61. The van der Waals surface area contributed by atoms with E-state index in [0.29, 0.717) is 10.8 Å². The van der Waals surface area contributed by atoms with Gasteiger partial charge < -0.3 is 4.74 Å². The number of fused-ring (bicyclic) bond motifs is 5. The molecule has 314 valence electrons. The molecule has 3 heteroatoms. The van der Waals surface area contributed by atoms with Crippen molar-refractivity contribution in [2.75, 3.05) is 6.61 Å². The Kier molecular flexibility index (Phi) is 13.0. The average molecular weight is 825 g/mol. The van der Waals surface area contributed by atoms with Crippen molar-refractivity contribution in [2.24, 2.45) is 46.3 Å². The topological polar surface area (TPSA) is 9.23 Å². The number of rotatable bonds is 15. The monoisotopic (exact) mass is 825 g/mol. The lowest BCUT2D eigenvalue weighted by atomic mass is 9.47. The van der Waals surface area contributed by atoms with E-state index in [1.165, 1.54) is 85.4 Å². The molecule has 0 amide bonds. The van der Waals surface area contributed by atoms with Crippen LogP contribution in [-0.4, -0.2) is 30.7 Å². The first-order valence-corrected chi connectivity index (χ1v) is 27.6. The summed E-state index contributed by atoms with van der Waals surface area (Å²) in [4.78, 5) is 0. The van der Waals surface area contributed by atoms with E-state index < -0.39 is 13.8 Å². The fourth-order valence-electron chi connectivity index (χ4n) is 13.7. The fraction of sp³-hybridized carbons (Fsp3) is 0.500. The van der Waals surface area contributed by atoms with Gasteiger partial charge in [0.1, 0.15) is 0 Å². The first-order valence-electron chi connectivity index (χ1n) is 23.5. The van der Waals surface area contributed by atoms with E-state index in [2.05, 4.69) is 162 Å². The number of hydrogen-bond donors (Lipinski definition) is 0. The molecule has 8 rings (SSSR count). The Morgan fingerprint density at radius 1 is 0.627 bits per heavy atom. The summed E-state index contributed by atoms with van der Waals surface area (Å²) in [7, 11) is 0. The van der Waals surface area contributed by atoms with Gasteiger partial charge in [0.15, 0.2) is 0 Å². The Bertz CT molecular complexity index is 1920. The van der Waals surface area contributed by atoms with Crippen molar-refractivity contribution in [3.05, 3.63) is 133 Å². The maximum atomic E-state index is 7.19. The highest BCUT2D eigenvalue weighted by atomic mass is 31.2. The summed E-state index contributed by atoms with van der Waals surface area (Å²) in [6.07, 6.45) is 29.6. The van der Waals surface area contributed by atoms with Crippen LogP contribution in [0.4, 0.5) is 0 Å². The number of hydrogen-bond acceptors (Lipinski definition) is 1. The Labute approximate surface area is 359 Å². The summed E-state index contributed by atoms with van der Waals surface area (Å²) < 4.78 is 7.19. The largest absolute Gasteiger partial charge is 0.378 e. The van der Waals surface area contributed by atoms with Gasteiger partial charge in [-0.05, 0) is 139 Å². The Hall–Kier alpha value is -2.82. The van der Waals surface area contributed by atoms with Crippen LogP contribution < -0.4 is 21.2 Å². The quantitative estimate of drug-likeness (QED) is 0.0857. The molecule has 4 aliphatic carbocycles. The number of allylic oxidation sites excluding steroid dienone is 1. The zero-order valence-corrected chi connectivity index (χ0v) is 38.9. The van der Waals surface area contributed by atoms with Crippen LogP contribution in [0, 0.1) is 46.3 Å². The van der Waals surface area contributed by atoms with E-state index in [-0.39, 0.29) is 11.5 Å². The second kappa shape index (κ2) is 17.9. The van der Waals surface area contributed by atoms with E-state index in [1.54, 1.807) is 5.57 Å². The van der Waals surface area contributed by atoms with Crippen LogP contribution in [0.15, 0.2) is 133 Å². The zero-order valence-electron chi connectivity index (χ0n) is 37.2. The average Bonchev–Trinajstić information content (AvgIpc) is 3.63. The first kappa shape index (κ1) is 42.9. The SMILES string of the molecule is C=P(c1ccccc1)(c1ccccc1)C(CCO[C@H]1CC[C@@]2(C)C(=CC[C@H]3[C@@H]4CC[C@H]([C@H](C)CCCC(C)C)[C@@]4(C)CC[C@@H]32)C1)P(=C)(c1ccccc1)c1ccccc1. The predicted octanol–water partition coefficient (Wildman–Crippen LogP) is 13.3. The molecule has 0 bridgehead atoms. The molecule has 4 aromatic rings. The van der Waals surface area contributed by atoms with Crippen LogP contribution >= 0.6 is 13.8 Å². The van der Waals surface area contributed by atoms with Crippen molar-refractivity contribution in [2.45, 2.75) is 123 Å². The van der Waals surface area contributed by atoms with Gasteiger partial charge >= 0.3 is 0 Å². The van der Waals surface area contributed by atoms with Gasteiger partial charge in [-0.25, -0.2) is 0 Å². The molecule has 3 fully saturated rings. The van der Waals surface area contributed by atoms with Crippen LogP contribution in [-0.2, 0) is 4.74 Å². The van der Waals surface area contributed by atoms with Gasteiger partial charge in [0, 0.05) is 12.0 Å². The minimum Gasteiger partial charge on any atom is -0.378 e. The highest BCUT2D eigenvalue weighted by Gasteiger charge is 2.59. The van der Waals surface area contributed by atoms with Crippen LogP contribution in [0.1, 0.15) is 112 Å². The molecule has 0 aromatic heterocycles. The standard InChI is InChI=1S/C56H74OP2/c1-42(2)21-20-22-43(3)51-33-34-52-50-32-31-44-41-45(35-38-55(44,4)53(50)36-39-56(51,52)5)57-40-37-54(58(6,46-23-12-8-13-24-46)47-25-14-9-15-26-47)59(7,48-27-16-10-17-28-48)49-29-18-11-19-30-49/h8-19,23-31,42-43,45,50-54H,6-7,20-22,32-41H2,1-5H3/t43-,45+,50+,51-,52+,53+,55+,56-/m1/s1. The normalized spacial score (nSPS) is 28.7. The minimum absolute atomic E-state index is 0.206. The van der Waals surface area contributed by atoms with Crippen molar-refractivity contribution in [1.29, 1.82) is 0 Å². The maximum Gasteiger partial charge on any atom is 0.0612 e. The third-order valence-corrected chi connectivity index (χ3v) is 26.7.